The molecule has 1 N–H and O–H groups in total. The van der Waals surface area contributed by atoms with Crippen molar-refractivity contribution < 1.29 is 4.79 Å². The van der Waals surface area contributed by atoms with Crippen molar-refractivity contribution in [3.05, 3.63) is 23.8 Å². The average Bonchev–Trinajstić information content (AvgIpc) is 2.68. The van der Waals surface area contributed by atoms with E-state index in [1.54, 1.807) is 6.33 Å². The molecule has 1 aliphatic carbocycles. The second-order valence-electron chi connectivity index (χ2n) is 6.60. The molecule has 0 aliphatic heterocycles. The van der Waals surface area contributed by atoms with E-state index in [-0.39, 0.29) is 23.3 Å². The van der Waals surface area contributed by atoms with E-state index < -0.39 is 0 Å². The smallest absolute Gasteiger partial charge is 0.224 e. The lowest BCUT2D eigenvalue weighted by Crippen LogP contribution is -2.31. The molecule has 1 aromatic heterocycles. The van der Waals surface area contributed by atoms with E-state index in [1.807, 2.05) is 18.5 Å². The van der Waals surface area contributed by atoms with Gasteiger partial charge in [-0.3, -0.25) is 4.79 Å². The van der Waals surface area contributed by atoms with E-state index in [4.69, 9.17) is 0 Å². The first-order chi connectivity index (χ1) is 9.25. The zero-order valence-electron chi connectivity index (χ0n) is 13.1. The first-order valence-electron chi connectivity index (χ1n) is 7.04. The fraction of sp³-hybridized carbons (Fsp3) is 0.667. The summed E-state index contributed by atoms with van der Waals surface area (Å²) in [6, 6.07) is -0.126. The summed E-state index contributed by atoms with van der Waals surface area (Å²) in [6.07, 6.45) is 3.85. The molecule has 0 spiro atoms. The molecule has 0 aromatic carbocycles. The third-order valence-electron chi connectivity index (χ3n) is 4.20. The molecule has 1 aromatic rings. The SMILES string of the molecule is CC(C)=CC1C(C(=O)NC(C)c2nncn2C)C1(C)C. The van der Waals surface area contributed by atoms with Crippen LogP contribution >= 0.6 is 0 Å². The predicted octanol–water partition coefficient (Wildman–Crippen LogP) is 2.23. The monoisotopic (exact) mass is 276 g/mol. The molecule has 110 valence electrons. The molecular formula is C15H24N4O. The van der Waals surface area contributed by atoms with E-state index in [0.29, 0.717) is 5.92 Å². The summed E-state index contributed by atoms with van der Waals surface area (Å²) in [4.78, 5) is 12.4. The van der Waals surface area contributed by atoms with Gasteiger partial charge in [-0.15, -0.1) is 10.2 Å². The molecule has 1 fully saturated rings. The highest BCUT2D eigenvalue weighted by atomic mass is 16.2. The molecule has 0 saturated heterocycles. The van der Waals surface area contributed by atoms with Crippen LogP contribution in [0.2, 0.25) is 0 Å². The normalized spacial score (nSPS) is 24.9. The maximum absolute atomic E-state index is 12.4. The summed E-state index contributed by atoms with van der Waals surface area (Å²) in [7, 11) is 1.88. The fourth-order valence-corrected chi connectivity index (χ4v) is 2.90. The van der Waals surface area contributed by atoms with Crippen molar-refractivity contribution >= 4 is 5.91 Å². The van der Waals surface area contributed by atoms with Gasteiger partial charge in [0.1, 0.15) is 6.33 Å². The maximum atomic E-state index is 12.4. The molecule has 1 heterocycles. The summed E-state index contributed by atoms with van der Waals surface area (Å²) in [6.45, 7) is 10.4. The number of aromatic nitrogens is 3. The van der Waals surface area contributed by atoms with Gasteiger partial charge >= 0.3 is 0 Å². The Bertz CT molecular complexity index is 540. The van der Waals surface area contributed by atoms with Gasteiger partial charge in [-0.1, -0.05) is 25.5 Å². The van der Waals surface area contributed by atoms with Crippen molar-refractivity contribution in [1.82, 2.24) is 20.1 Å². The number of hydrogen-bond donors (Lipinski definition) is 1. The van der Waals surface area contributed by atoms with Gasteiger partial charge in [-0.2, -0.15) is 0 Å². The minimum Gasteiger partial charge on any atom is -0.346 e. The van der Waals surface area contributed by atoms with Gasteiger partial charge in [0.15, 0.2) is 5.82 Å². The molecule has 3 unspecified atom stereocenters. The van der Waals surface area contributed by atoms with Crippen molar-refractivity contribution in [3.8, 4) is 0 Å². The van der Waals surface area contributed by atoms with Crippen LogP contribution in [0.5, 0.6) is 0 Å². The topological polar surface area (TPSA) is 59.8 Å². The Balaban J connectivity index is 2.03. The van der Waals surface area contributed by atoms with Crippen LogP contribution in [-0.4, -0.2) is 20.7 Å². The van der Waals surface area contributed by atoms with Gasteiger partial charge in [-0.05, 0) is 32.1 Å². The Labute approximate surface area is 120 Å². The maximum Gasteiger partial charge on any atom is 0.224 e. The van der Waals surface area contributed by atoms with E-state index >= 15 is 0 Å². The number of amides is 1. The lowest BCUT2D eigenvalue weighted by Gasteiger charge is -2.13. The van der Waals surface area contributed by atoms with E-state index in [2.05, 4.69) is 49.3 Å². The summed E-state index contributed by atoms with van der Waals surface area (Å²) < 4.78 is 1.83. The number of allylic oxidation sites excluding steroid dienone is 2. The second kappa shape index (κ2) is 5.04. The van der Waals surface area contributed by atoms with E-state index in [0.717, 1.165) is 5.82 Å². The van der Waals surface area contributed by atoms with Gasteiger partial charge in [0.25, 0.3) is 0 Å². The van der Waals surface area contributed by atoms with Crippen molar-refractivity contribution in [3.63, 3.8) is 0 Å². The van der Waals surface area contributed by atoms with Gasteiger partial charge in [0.05, 0.1) is 12.0 Å². The molecule has 0 radical (unpaired) electrons. The minimum absolute atomic E-state index is 0.0426. The predicted molar refractivity (Wildman–Crippen MR) is 77.8 cm³/mol. The molecule has 1 saturated carbocycles. The fourth-order valence-electron chi connectivity index (χ4n) is 2.90. The number of nitrogens with one attached hydrogen (secondary N) is 1. The molecule has 3 atom stereocenters. The van der Waals surface area contributed by atoms with Gasteiger partial charge < -0.3 is 9.88 Å². The Hall–Kier alpha value is -1.65. The van der Waals surface area contributed by atoms with Crippen LogP contribution in [0.1, 0.15) is 46.5 Å². The number of nitrogens with zero attached hydrogens (tertiary/aromatic N) is 3. The van der Waals surface area contributed by atoms with Gasteiger partial charge in [0.2, 0.25) is 5.91 Å². The van der Waals surface area contributed by atoms with Gasteiger partial charge in [-0.25, -0.2) is 0 Å². The van der Waals surface area contributed by atoms with Crippen LogP contribution in [0.4, 0.5) is 0 Å². The highest BCUT2D eigenvalue weighted by molar-refractivity contribution is 5.84. The summed E-state index contributed by atoms with van der Waals surface area (Å²) in [5.74, 6) is 1.26. The Morgan fingerprint density at radius 3 is 2.65 bits per heavy atom. The van der Waals surface area contributed by atoms with Crippen molar-refractivity contribution in [2.24, 2.45) is 24.3 Å². The molecule has 5 nitrogen and oxygen atoms in total. The first-order valence-corrected chi connectivity index (χ1v) is 7.04. The van der Waals surface area contributed by atoms with Crippen molar-refractivity contribution in [1.29, 1.82) is 0 Å². The van der Waals surface area contributed by atoms with Crippen LogP contribution in [0.3, 0.4) is 0 Å². The summed E-state index contributed by atoms with van der Waals surface area (Å²) in [5, 5.41) is 10.9. The Morgan fingerprint density at radius 2 is 2.15 bits per heavy atom. The third kappa shape index (κ3) is 2.62. The number of rotatable bonds is 4. The van der Waals surface area contributed by atoms with E-state index in [1.165, 1.54) is 5.57 Å². The first kappa shape index (κ1) is 14.8. The number of aryl methyl sites for hydroxylation is 1. The molecule has 1 amide bonds. The quantitative estimate of drug-likeness (QED) is 0.858. The average molecular weight is 276 g/mol. The zero-order valence-corrected chi connectivity index (χ0v) is 13.1. The highest BCUT2D eigenvalue weighted by Gasteiger charge is 2.60. The Kier molecular flexibility index (Phi) is 3.71. The second-order valence-corrected chi connectivity index (χ2v) is 6.60. The van der Waals surface area contributed by atoms with Gasteiger partial charge in [0, 0.05) is 7.05 Å². The lowest BCUT2D eigenvalue weighted by atomic mass is 10.1. The number of carbonyl (C=O) groups excluding carboxylic acids is 1. The lowest BCUT2D eigenvalue weighted by molar-refractivity contribution is -0.123. The van der Waals surface area contributed by atoms with Crippen LogP contribution in [0.25, 0.3) is 0 Å². The molecule has 20 heavy (non-hydrogen) atoms. The number of hydrogen-bond acceptors (Lipinski definition) is 3. The molecule has 5 heteroatoms. The molecule has 1 aliphatic rings. The summed E-state index contributed by atoms with van der Waals surface area (Å²) >= 11 is 0. The Morgan fingerprint density at radius 1 is 1.50 bits per heavy atom. The molecular weight excluding hydrogens is 252 g/mol. The van der Waals surface area contributed by atoms with Crippen LogP contribution < -0.4 is 5.32 Å². The largest absolute Gasteiger partial charge is 0.346 e. The molecule has 2 rings (SSSR count). The zero-order chi connectivity index (χ0) is 15.1. The van der Waals surface area contributed by atoms with Crippen LogP contribution in [0, 0.1) is 17.3 Å². The van der Waals surface area contributed by atoms with Crippen LogP contribution in [0.15, 0.2) is 18.0 Å². The van der Waals surface area contributed by atoms with Crippen molar-refractivity contribution in [2.45, 2.75) is 40.7 Å². The summed E-state index contributed by atoms with van der Waals surface area (Å²) in [5.41, 5.74) is 1.31. The van der Waals surface area contributed by atoms with Crippen LogP contribution in [-0.2, 0) is 11.8 Å². The van der Waals surface area contributed by atoms with Crippen molar-refractivity contribution in [2.75, 3.05) is 0 Å². The number of carbonyl (C=O) groups is 1. The third-order valence-corrected chi connectivity index (χ3v) is 4.20. The van der Waals surface area contributed by atoms with E-state index in [9.17, 15) is 4.79 Å². The minimum atomic E-state index is -0.126. The highest BCUT2D eigenvalue weighted by Crippen LogP contribution is 2.59. The molecule has 0 bridgehead atoms. The standard InChI is InChI=1S/C15H24N4O/c1-9(2)7-11-12(15(11,4)5)14(20)17-10(3)13-18-16-8-19(13)6/h7-8,10-12H,1-6H3,(H,17,20).